The number of fused-ring (bicyclic) bond motifs is 2. The van der Waals surface area contributed by atoms with Gasteiger partial charge in [-0.05, 0) is 50.5 Å². The molecule has 9 nitrogen and oxygen atoms in total. The Morgan fingerprint density at radius 2 is 1.63 bits per heavy atom. The average Bonchev–Trinajstić information content (AvgIpc) is 3.45. The molecule has 2 amide bonds. The number of phenolic OH excluding ortho intramolecular Hbond substituents is 2. The van der Waals surface area contributed by atoms with Crippen LogP contribution in [0.5, 0.6) is 11.5 Å². The maximum atomic E-state index is 13.1. The number of aromatic amines is 1. The number of hydrogen-bond donors (Lipinski definition) is 4. The number of likely N-dealkylation sites (N-methyl/N-ethyl adjacent to an activating group) is 1. The van der Waals surface area contributed by atoms with Crippen molar-refractivity contribution < 1.29 is 24.5 Å². The lowest BCUT2D eigenvalue weighted by Gasteiger charge is -2.20. The minimum atomic E-state index is -0.516. The summed E-state index contributed by atoms with van der Waals surface area (Å²) in [5.74, 6) is -0.925. The molecule has 0 saturated heterocycles. The van der Waals surface area contributed by atoms with Crippen LogP contribution in [-0.2, 0) is 20.9 Å². The Balaban J connectivity index is 1.73. The molecule has 0 radical (unpaired) electrons. The van der Waals surface area contributed by atoms with Crippen molar-refractivity contribution in [2.75, 3.05) is 27.7 Å². The number of methoxy groups -OCH3 is 1. The van der Waals surface area contributed by atoms with E-state index in [1.54, 1.807) is 49.7 Å². The lowest BCUT2D eigenvalue weighted by atomic mass is 9.95. The highest BCUT2D eigenvalue weighted by atomic mass is 16.5. The van der Waals surface area contributed by atoms with Crippen molar-refractivity contribution in [1.82, 2.24) is 19.8 Å². The van der Waals surface area contributed by atoms with E-state index in [1.165, 1.54) is 0 Å². The van der Waals surface area contributed by atoms with Crippen LogP contribution in [0.4, 0.5) is 0 Å². The number of hydrogen-bond acceptors (Lipinski definition) is 6. The van der Waals surface area contributed by atoms with Crippen LogP contribution < -0.4 is 5.32 Å². The molecule has 4 N–H and O–H groups in total. The smallest absolute Gasteiger partial charge is 0.259 e. The minimum Gasteiger partial charge on any atom is -0.508 e. The van der Waals surface area contributed by atoms with Crippen LogP contribution in [0.15, 0.2) is 48.8 Å². The Labute approximate surface area is 201 Å². The van der Waals surface area contributed by atoms with Crippen LogP contribution in [0.1, 0.15) is 11.1 Å². The number of aromatic hydroxyl groups is 2. The fraction of sp³-hybridized carbons (Fsp3) is 0.231. The Hall–Kier alpha value is -4.08. The summed E-state index contributed by atoms with van der Waals surface area (Å²) in [7, 11) is 5.59. The van der Waals surface area contributed by atoms with E-state index in [0.717, 1.165) is 11.0 Å². The summed E-state index contributed by atoms with van der Waals surface area (Å²) in [5, 5.41) is 23.9. The van der Waals surface area contributed by atoms with Gasteiger partial charge >= 0.3 is 0 Å². The van der Waals surface area contributed by atoms with Crippen LogP contribution in [0.2, 0.25) is 0 Å². The molecule has 0 bridgehead atoms. The van der Waals surface area contributed by atoms with Crippen molar-refractivity contribution in [3.8, 4) is 11.5 Å². The van der Waals surface area contributed by atoms with E-state index < -0.39 is 11.8 Å². The van der Waals surface area contributed by atoms with Crippen LogP contribution >= 0.6 is 0 Å². The number of phenols is 2. The van der Waals surface area contributed by atoms with E-state index >= 15 is 0 Å². The second-order valence-electron chi connectivity index (χ2n) is 8.98. The van der Waals surface area contributed by atoms with Gasteiger partial charge in [-0.15, -0.1) is 0 Å². The first-order chi connectivity index (χ1) is 16.8. The lowest BCUT2D eigenvalue weighted by Crippen LogP contribution is -2.31. The summed E-state index contributed by atoms with van der Waals surface area (Å²) in [5.41, 5.74) is 3.00. The molecule has 1 aliphatic rings. The molecule has 180 valence electrons. The maximum Gasteiger partial charge on any atom is 0.259 e. The minimum absolute atomic E-state index is 0.0528. The third-order valence-corrected chi connectivity index (χ3v) is 6.30. The van der Waals surface area contributed by atoms with Gasteiger partial charge < -0.3 is 29.4 Å². The van der Waals surface area contributed by atoms with Crippen molar-refractivity contribution in [3.05, 3.63) is 59.9 Å². The van der Waals surface area contributed by atoms with Gasteiger partial charge in [0.05, 0.1) is 23.8 Å². The zero-order valence-electron chi connectivity index (χ0n) is 19.6. The van der Waals surface area contributed by atoms with Crippen LogP contribution in [0, 0.1) is 0 Å². The third-order valence-electron chi connectivity index (χ3n) is 6.30. The number of benzene rings is 2. The molecule has 1 aliphatic heterocycles. The average molecular weight is 475 g/mol. The number of aromatic nitrogens is 2. The van der Waals surface area contributed by atoms with Gasteiger partial charge in [0.2, 0.25) is 0 Å². The number of imide groups is 1. The summed E-state index contributed by atoms with van der Waals surface area (Å²) in [6.45, 7) is 1.20. The predicted octanol–water partition coefficient (Wildman–Crippen LogP) is 2.68. The largest absolute Gasteiger partial charge is 0.508 e. The SMILES string of the molecule is COC(CN(C)C)Cn1cc(C2=C(c3c[nH]c4ccc(O)cc34)C(=O)NC2=O)c2cc(O)ccc21. The Kier molecular flexibility index (Phi) is 5.58. The van der Waals surface area contributed by atoms with Crippen molar-refractivity contribution in [2.24, 2.45) is 0 Å². The number of rotatable bonds is 7. The van der Waals surface area contributed by atoms with Crippen LogP contribution in [0.3, 0.4) is 0 Å². The summed E-state index contributed by atoms with van der Waals surface area (Å²) in [4.78, 5) is 31.2. The number of ether oxygens (including phenoxy) is 1. The van der Waals surface area contributed by atoms with E-state index in [9.17, 15) is 19.8 Å². The fourth-order valence-corrected chi connectivity index (χ4v) is 4.75. The van der Waals surface area contributed by atoms with Crippen molar-refractivity contribution in [1.29, 1.82) is 0 Å². The van der Waals surface area contributed by atoms with E-state index in [-0.39, 0.29) is 28.7 Å². The molecule has 2 aromatic carbocycles. The fourth-order valence-electron chi connectivity index (χ4n) is 4.75. The van der Waals surface area contributed by atoms with Gasteiger partial charge in [-0.1, -0.05) is 0 Å². The second kappa shape index (κ2) is 8.61. The first-order valence-electron chi connectivity index (χ1n) is 11.2. The molecule has 4 aromatic rings. The highest BCUT2D eigenvalue weighted by Crippen LogP contribution is 2.39. The second-order valence-corrected chi connectivity index (χ2v) is 8.98. The van der Waals surface area contributed by atoms with E-state index in [4.69, 9.17) is 4.74 Å². The molecule has 3 heterocycles. The van der Waals surface area contributed by atoms with Gasteiger partial charge in [0.25, 0.3) is 11.8 Å². The molecule has 5 rings (SSSR count). The Morgan fingerprint density at radius 1 is 0.971 bits per heavy atom. The normalized spacial score (nSPS) is 15.1. The van der Waals surface area contributed by atoms with E-state index in [1.807, 2.05) is 29.8 Å². The number of nitrogens with zero attached hydrogens (tertiary/aromatic N) is 2. The van der Waals surface area contributed by atoms with E-state index in [0.29, 0.717) is 35.0 Å². The number of carbonyl (C=O) groups is 2. The first-order valence-corrected chi connectivity index (χ1v) is 11.2. The standard InChI is InChI=1S/C26H26N4O5/c1-29(2)11-16(35-3)12-30-13-20(18-9-15(32)5-7-22(18)30)24-23(25(33)28-26(24)34)19-10-27-21-6-4-14(31)8-17(19)21/h4-10,13,16,27,31-32H,11-12H2,1-3H3,(H,28,33,34). The zero-order chi connectivity index (χ0) is 24.9. The first kappa shape index (κ1) is 22.7. The van der Waals surface area contributed by atoms with Crippen molar-refractivity contribution in [2.45, 2.75) is 12.6 Å². The van der Waals surface area contributed by atoms with E-state index in [2.05, 4.69) is 10.3 Å². The molecular formula is C26H26N4O5. The number of H-pyrrole nitrogens is 1. The number of nitrogens with one attached hydrogen (secondary N) is 2. The van der Waals surface area contributed by atoms with Gasteiger partial charge in [-0.2, -0.15) is 0 Å². The maximum absolute atomic E-state index is 13.1. The predicted molar refractivity (Wildman–Crippen MR) is 133 cm³/mol. The van der Waals surface area contributed by atoms with Crippen LogP contribution in [-0.4, -0.2) is 70.3 Å². The van der Waals surface area contributed by atoms with Crippen molar-refractivity contribution in [3.63, 3.8) is 0 Å². The molecule has 0 aliphatic carbocycles. The Bertz CT molecular complexity index is 1510. The molecular weight excluding hydrogens is 448 g/mol. The summed E-state index contributed by atoms with van der Waals surface area (Å²) >= 11 is 0. The Morgan fingerprint density at radius 3 is 2.31 bits per heavy atom. The molecule has 9 heteroatoms. The third kappa shape index (κ3) is 3.94. The summed E-state index contributed by atoms with van der Waals surface area (Å²) < 4.78 is 7.64. The molecule has 0 spiro atoms. The molecule has 0 saturated carbocycles. The zero-order valence-corrected chi connectivity index (χ0v) is 19.6. The quantitative estimate of drug-likeness (QED) is 0.306. The highest BCUT2D eigenvalue weighted by Gasteiger charge is 2.35. The highest BCUT2D eigenvalue weighted by molar-refractivity contribution is 6.50. The number of amides is 2. The van der Waals surface area contributed by atoms with Gasteiger partial charge in [0, 0.05) is 59.0 Å². The monoisotopic (exact) mass is 474 g/mol. The molecule has 1 unspecified atom stereocenters. The summed E-state index contributed by atoms with van der Waals surface area (Å²) in [6.07, 6.45) is 3.36. The molecule has 1 atom stereocenters. The topological polar surface area (TPSA) is 120 Å². The van der Waals surface area contributed by atoms with Crippen LogP contribution in [0.25, 0.3) is 33.0 Å². The lowest BCUT2D eigenvalue weighted by molar-refractivity contribution is -0.122. The molecule has 2 aromatic heterocycles. The summed E-state index contributed by atoms with van der Waals surface area (Å²) in [6, 6.07) is 9.79. The molecule has 35 heavy (non-hydrogen) atoms. The van der Waals surface area contributed by atoms with Gasteiger partial charge in [-0.25, -0.2) is 0 Å². The van der Waals surface area contributed by atoms with Gasteiger partial charge in [-0.3, -0.25) is 14.9 Å². The van der Waals surface area contributed by atoms with Crippen molar-refractivity contribution >= 4 is 44.8 Å². The van der Waals surface area contributed by atoms with Gasteiger partial charge in [0.1, 0.15) is 11.5 Å². The molecule has 0 fully saturated rings. The van der Waals surface area contributed by atoms with Gasteiger partial charge in [0.15, 0.2) is 0 Å². The number of carbonyl (C=O) groups excluding carboxylic acids is 2.